The highest BCUT2D eigenvalue weighted by molar-refractivity contribution is 14.1. The molecule has 0 saturated heterocycles. The Morgan fingerprint density at radius 2 is 2.12 bits per heavy atom. The van der Waals surface area contributed by atoms with Gasteiger partial charge in [-0.05, 0) is 43.0 Å². The second kappa shape index (κ2) is 5.85. The molecule has 0 aliphatic heterocycles. The highest BCUT2D eigenvalue weighted by Gasteiger charge is 2.41. The zero-order valence-electron chi connectivity index (χ0n) is 10.1. The first-order chi connectivity index (χ1) is 8.26. The second-order valence-corrected chi connectivity index (χ2v) is 5.32. The smallest absolute Gasteiger partial charge is 0.166 e. The van der Waals surface area contributed by atoms with Crippen LogP contribution in [0.2, 0.25) is 0 Å². The van der Waals surface area contributed by atoms with E-state index in [4.69, 9.17) is 0 Å². The van der Waals surface area contributed by atoms with Crippen molar-refractivity contribution in [2.24, 2.45) is 11.8 Å². The Hall–Kier alpha value is -0.580. The zero-order valence-corrected chi connectivity index (χ0v) is 12.2. The van der Waals surface area contributed by atoms with Crippen LogP contribution in [-0.4, -0.2) is 5.78 Å². The average molecular weight is 343 g/mol. The number of hydrogen-bond donors (Lipinski definition) is 1. The number of hydrogen-bond acceptors (Lipinski definition) is 2. The standard InChI is InChI=1S/C14H18INO/c1-2-3-4-11-9-13(11)14(17)10-5-7-12(16-15)8-6-10/h5-8,11,13,16H,2-4,9H2,1H3/t11-,13+/m1/s1. The van der Waals surface area contributed by atoms with Crippen LogP contribution in [0.3, 0.4) is 0 Å². The summed E-state index contributed by atoms with van der Waals surface area (Å²) in [6, 6.07) is 7.78. The zero-order chi connectivity index (χ0) is 12.3. The summed E-state index contributed by atoms with van der Waals surface area (Å²) in [5, 5.41) is 0. The number of rotatable bonds is 6. The van der Waals surface area contributed by atoms with Gasteiger partial charge in [-0.15, -0.1) is 0 Å². The van der Waals surface area contributed by atoms with Crippen molar-refractivity contribution in [1.82, 2.24) is 0 Å². The van der Waals surface area contributed by atoms with Crippen LogP contribution in [0.1, 0.15) is 43.0 Å². The summed E-state index contributed by atoms with van der Waals surface area (Å²) in [4.78, 5) is 12.2. The number of halogens is 1. The van der Waals surface area contributed by atoms with Gasteiger partial charge in [0.2, 0.25) is 0 Å². The molecule has 1 fully saturated rings. The van der Waals surface area contributed by atoms with Crippen LogP contribution in [0.15, 0.2) is 24.3 Å². The van der Waals surface area contributed by atoms with Gasteiger partial charge in [-0.25, -0.2) is 0 Å². The van der Waals surface area contributed by atoms with Gasteiger partial charge < -0.3 is 3.53 Å². The van der Waals surface area contributed by atoms with Gasteiger partial charge in [0.05, 0.1) is 22.9 Å². The lowest BCUT2D eigenvalue weighted by molar-refractivity contribution is 0.0960. The Morgan fingerprint density at radius 3 is 2.71 bits per heavy atom. The lowest BCUT2D eigenvalue weighted by Crippen LogP contribution is -2.03. The number of unbranched alkanes of at least 4 members (excludes halogenated alkanes) is 1. The number of ketones is 1. The molecule has 0 unspecified atom stereocenters. The van der Waals surface area contributed by atoms with E-state index in [1.807, 2.05) is 24.3 Å². The van der Waals surface area contributed by atoms with Crippen LogP contribution in [0.5, 0.6) is 0 Å². The predicted molar refractivity (Wildman–Crippen MR) is 79.5 cm³/mol. The van der Waals surface area contributed by atoms with Crippen molar-refractivity contribution in [1.29, 1.82) is 0 Å². The first kappa shape index (κ1) is 12.9. The van der Waals surface area contributed by atoms with Crippen molar-refractivity contribution >= 4 is 34.3 Å². The third-order valence-corrected chi connectivity index (χ3v) is 4.09. The van der Waals surface area contributed by atoms with Gasteiger partial charge >= 0.3 is 0 Å². The molecular formula is C14H18INO. The number of anilines is 1. The molecule has 1 aromatic rings. The molecule has 2 atom stereocenters. The minimum atomic E-state index is 0.306. The molecular weight excluding hydrogens is 325 g/mol. The van der Waals surface area contributed by atoms with Crippen LogP contribution < -0.4 is 3.53 Å². The van der Waals surface area contributed by atoms with Crippen LogP contribution in [0.4, 0.5) is 5.69 Å². The van der Waals surface area contributed by atoms with Crippen LogP contribution in [-0.2, 0) is 0 Å². The molecule has 1 aliphatic carbocycles. The normalized spacial score (nSPS) is 22.2. The van der Waals surface area contributed by atoms with Crippen molar-refractivity contribution in [2.45, 2.75) is 32.6 Å². The van der Waals surface area contributed by atoms with Crippen molar-refractivity contribution < 1.29 is 4.79 Å². The molecule has 92 valence electrons. The number of carbonyl (C=O) groups is 1. The van der Waals surface area contributed by atoms with E-state index in [2.05, 4.69) is 33.3 Å². The molecule has 1 N–H and O–H groups in total. The van der Waals surface area contributed by atoms with E-state index >= 15 is 0 Å². The minimum absolute atomic E-state index is 0.306. The lowest BCUT2D eigenvalue weighted by atomic mass is 10.0. The van der Waals surface area contributed by atoms with Gasteiger partial charge in [0.15, 0.2) is 5.78 Å². The van der Waals surface area contributed by atoms with Crippen molar-refractivity contribution in [3.8, 4) is 0 Å². The van der Waals surface area contributed by atoms with Crippen LogP contribution in [0.25, 0.3) is 0 Å². The molecule has 3 heteroatoms. The fourth-order valence-electron chi connectivity index (χ4n) is 2.27. The molecule has 1 saturated carbocycles. The molecule has 17 heavy (non-hydrogen) atoms. The Balaban J connectivity index is 1.92. The maximum absolute atomic E-state index is 12.2. The van der Waals surface area contributed by atoms with Crippen LogP contribution in [0, 0.1) is 11.8 Å². The average Bonchev–Trinajstić information content (AvgIpc) is 3.15. The van der Waals surface area contributed by atoms with Gasteiger partial charge in [0, 0.05) is 17.2 Å². The van der Waals surface area contributed by atoms with Gasteiger partial charge in [0.25, 0.3) is 0 Å². The molecule has 0 radical (unpaired) electrons. The van der Waals surface area contributed by atoms with E-state index in [-0.39, 0.29) is 0 Å². The van der Waals surface area contributed by atoms with E-state index in [9.17, 15) is 4.79 Å². The molecule has 0 amide bonds. The number of Topliss-reactive ketones (excluding diaryl/α,β-unsaturated/α-hetero) is 1. The fourth-order valence-corrected chi connectivity index (χ4v) is 2.63. The molecule has 2 nitrogen and oxygen atoms in total. The van der Waals surface area contributed by atoms with Gasteiger partial charge in [-0.2, -0.15) is 0 Å². The fraction of sp³-hybridized carbons (Fsp3) is 0.500. The minimum Gasteiger partial charge on any atom is -0.328 e. The highest BCUT2D eigenvalue weighted by Crippen LogP contribution is 2.44. The van der Waals surface area contributed by atoms with Gasteiger partial charge in [-0.3, -0.25) is 4.79 Å². The highest BCUT2D eigenvalue weighted by atomic mass is 127. The van der Waals surface area contributed by atoms with E-state index in [0.29, 0.717) is 17.6 Å². The predicted octanol–water partition coefficient (Wildman–Crippen LogP) is 4.46. The van der Waals surface area contributed by atoms with Crippen molar-refractivity contribution in [3.63, 3.8) is 0 Å². The number of carbonyl (C=O) groups excluding carboxylic acids is 1. The maximum Gasteiger partial charge on any atom is 0.166 e. The Bertz CT molecular complexity index is 388. The van der Waals surface area contributed by atoms with E-state index in [1.165, 1.54) is 19.3 Å². The second-order valence-electron chi connectivity index (χ2n) is 4.78. The molecule has 0 aromatic heterocycles. The van der Waals surface area contributed by atoms with E-state index in [1.54, 1.807) is 0 Å². The third kappa shape index (κ3) is 3.21. The SMILES string of the molecule is CCCC[C@@H]1C[C@@H]1C(=O)c1ccc(NI)cc1. The summed E-state index contributed by atoms with van der Waals surface area (Å²) in [7, 11) is 0. The lowest BCUT2D eigenvalue weighted by Gasteiger charge is -2.02. The first-order valence-corrected chi connectivity index (χ1v) is 7.35. The molecule has 1 aromatic carbocycles. The summed E-state index contributed by atoms with van der Waals surface area (Å²) in [5.41, 5.74) is 1.91. The van der Waals surface area contributed by atoms with Gasteiger partial charge in [-0.1, -0.05) is 19.8 Å². The van der Waals surface area contributed by atoms with E-state index < -0.39 is 0 Å². The third-order valence-electron chi connectivity index (χ3n) is 3.47. The Labute approximate surface area is 117 Å². The Morgan fingerprint density at radius 1 is 1.41 bits per heavy atom. The van der Waals surface area contributed by atoms with Crippen LogP contribution >= 0.6 is 22.9 Å². The molecule has 0 spiro atoms. The molecule has 0 heterocycles. The summed E-state index contributed by atoms with van der Waals surface area (Å²) in [6.45, 7) is 2.20. The largest absolute Gasteiger partial charge is 0.328 e. The molecule has 2 rings (SSSR count). The van der Waals surface area contributed by atoms with Crippen molar-refractivity contribution in [2.75, 3.05) is 3.53 Å². The number of nitrogens with one attached hydrogen (secondary N) is 1. The molecule has 0 bridgehead atoms. The Kier molecular flexibility index (Phi) is 4.42. The first-order valence-electron chi connectivity index (χ1n) is 6.27. The molecule has 1 aliphatic rings. The van der Waals surface area contributed by atoms with Gasteiger partial charge in [0.1, 0.15) is 0 Å². The summed E-state index contributed by atoms with van der Waals surface area (Å²) in [6.07, 6.45) is 4.81. The topological polar surface area (TPSA) is 29.1 Å². The summed E-state index contributed by atoms with van der Waals surface area (Å²) < 4.78 is 3.03. The van der Waals surface area contributed by atoms with Crippen molar-refractivity contribution in [3.05, 3.63) is 29.8 Å². The van der Waals surface area contributed by atoms with E-state index in [0.717, 1.165) is 17.7 Å². The number of benzene rings is 1. The maximum atomic E-state index is 12.2. The quantitative estimate of drug-likeness (QED) is 0.469. The summed E-state index contributed by atoms with van der Waals surface area (Å²) in [5.74, 6) is 1.30. The monoisotopic (exact) mass is 343 g/mol. The summed E-state index contributed by atoms with van der Waals surface area (Å²) >= 11 is 2.09.